The van der Waals surface area contributed by atoms with Gasteiger partial charge in [0.05, 0.1) is 31.9 Å². The fourth-order valence-corrected chi connectivity index (χ4v) is 4.23. The van der Waals surface area contributed by atoms with Crippen LogP contribution in [0.1, 0.15) is 48.5 Å². The van der Waals surface area contributed by atoms with Gasteiger partial charge >= 0.3 is 5.97 Å². The molecule has 0 heterocycles. The van der Waals surface area contributed by atoms with Crippen molar-refractivity contribution in [1.29, 1.82) is 0 Å². The maximum absolute atomic E-state index is 12.0. The molecule has 6 nitrogen and oxygen atoms in total. The number of nitrogens with one attached hydrogen (secondary N) is 2. The molecular weight excluding hydrogens is 400 g/mol. The van der Waals surface area contributed by atoms with Crippen LogP contribution in [0.4, 0.5) is 5.69 Å². The van der Waals surface area contributed by atoms with E-state index in [1.54, 1.807) is 39.3 Å². The zero-order chi connectivity index (χ0) is 21.6. The molecule has 0 bridgehead atoms. The van der Waals surface area contributed by atoms with Crippen molar-refractivity contribution in [2.24, 2.45) is 0 Å². The van der Waals surface area contributed by atoms with E-state index in [-0.39, 0.29) is 11.5 Å². The van der Waals surface area contributed by atoms with Gasteiger partial charge in [-0.3, -0.25) is 0 Å². The van der Waals surface area contributed by atoms with Crippen molar-refractivity contribution in [3.8, 4) is 11.5 Å². The second-order valence-corrected chi connectivity index (χ2v) is 7.65. The quantitative estimate of drug-likeness (QED) is 0.492. The Morgan fingerprint density at radius 1 is 1.07 bits per heavy atom. The number of carbonyl (C=O) groups is 1. The lowest BCUT2D eigenvalue weighted by Crippen LogP contribution is -2.45. The van der Waals surface area contributed by atoms with Crippen LogP contribution >= 0.6 is 12.2 Å². The number of hydrogen-bond acceptors (Lipinski definition) is 5. The summed E-state index contributed by atoms with van der Waals surface area (Å²) in [6, 6.07) is 13.1. The van der Waals surface area contributed by atoms with E-state index in [9.17, 15) is 4.79 Å². The molecule has 3 rings (SSSR count). The number of anilines is 1. The summed E-state index contributed by atoms with van der Waals surface area (Å²) < 4.78 is 15.9. The Hall–Kier alpha value is -2.80. The number of ether oxygens (including phenoxy) is 3. The monoisotopic (exact) mass is 428 g/mol. The molecule has 0 amide bonds. The Labute approximate surface area is 182 Å². The van der Waals surface area contributed by atoms with E-state index in [0.717, 1.165) is 36.9 Å². The molecule has 0 aliphatic heterocycles. The highest BCUT2D eigenvalue weighted by Gasteiger charge is 2.37. The Morgan fingerprint density at radius 3 is 2.47 bits per heavy atom. The molecular formula is C23H28N2O4S. The van der Waals surface area contributed by atoms with Gasteiger partial charge in [0.15, 0.2) is 16.6 Å². The van der Waals surface area contributed by atoms with Gasteiger partial charge in [-0.15, -0.1) is 0 Å². The molecule has 160 valence electrons. The first-order valence-electron chi connectivity index (χ1n) is 10.1. The van der Waals surface area contributed by atoms with Crippen LogP contribution < -0.4 is 20.1 Å². The average molecular weight is 429 g/mol. The highest BCUT2D eigenvalue weighted by molar-refractivity contribution is 7.80. The number of esters is 1. The molecule has 0 aromatic heterocycles. The van der Waals surface area contributed by atoms with Crippen LogP contribution in [0, 0.1) is 0 Å². The third-order valence-corrected chi connectivity index (χ3v) is 5.58. The average Bonchev–Trinajstić information content (AvgIpc) is 3.23. The lowest BCUT2D eigenvalue weighted by molar-refractivity contribution is 0.0526. The Balaban J connectivity index is 1.78. The van der Waals surface area contributed by atoms with Crippen LogP contribution in [0.2, 0.25) is 0 Å². The van der Waals surface area contributed by atoms with E-state index in [1.807, 2.05) is 18.2 Å². The van der Waals surface area contributed by atoms with Gasteiger partial charge in [0.25, 0.3) is 0 Å². The summed E-state index contributed by atoms with van der Waals surface area (Å²) in [6.45, 7) is 2.12. The molecule has 2 aromatic rings. The molecule has 1 aliphatic rings. The molecule has 1 aliphatic carbocycles. The highest BCUT2D eigenvalue weighted by Crippen LogP contribution is 2.41. The van der Waals surface area contributed by atoms with Crippen LogP contribution in [0.5, 0.6) is 11.5 Å². The zero-order valence-corrected chi connectivity index (χ0v) is 18.4. The third-order valence-electron chi connectivity index (χ3n) is 5.38. The molecule has 1 fully saturated rings. The van der Waals surface area contributed by atoms with Gasteiger partial charge in [0.2, 0.25) is 0 Å². The van der Waals surface area contributed by atoms with Crippen LogP contribution in [0.3, 0.4) is 0 Å². The molecule has 0 radical (unpaired) electrons. The van der Waals surface area contributed by atoms with E-state index in [0.29, 0.717) is 28.8 Å². The van der Waals surface area contributed by atoms with E-state index in [1.165, 1.54) is 0 Å². The Kier molecular flexibility index (Phi) is 7.15. The fraction of sp³-hybridized carbons (Fsp3) is 0.391. The predicted octanol–water partition coefficient (Wildman–Crippen LogP) is 4.64. The molecule has 7 heteroatoms. The smallest absolute Gasteiger partial charge is 0.338 e. The standard InChI is InChI=1S/C23H28N2O4S/c1-4-29-21(26)16-8-7-9-18(14-16)24-22(30)25-23(12-5-6-13-23)17-10-11-19(27-2)20(15-17)28-3/h7-11,14-15H,4-6,12-13H2,1-3H3,(H2,24,25,30). The Bertz CT molecular complexity index is 910. The van der Waals surface area contributed by atoms with Crippen molar-refractivity contribution < 1.29 is 19.0 Å². The normalized spacial score (nSPS) is 14.6. The van der Waals surface area contributed by atoms with Gasteiger partial charge < -0.3 is 24.8 Å². The molecule has 2 aromatic carbocycles. The van der Waals surface area contributed by atoms with E-state index < -0.39 is 0 Å². The fourth-order valence-electron chi connectivity index (χ4n) is 3.92. The number of hydrogen-bond donors (Lipinski definition) is 2. The largest absolute Gasteiger partial charge is 0.493 e. The highest BCUT2D eigenvalue weighted by atomic mass is 32.1. The second-order valence-electron chi connectivity index (χ2n) is 7.24. The summed E-state index contributed by atoms with van der Waals surface area (Å²) in [5.74, 6) is 1.05. The summed E-state index contributed by atoms with van der Waals surface area (Å²) in [5.41, 5.74) is 2.06. The molecule has 2 N–H and O–H groups in total. The van der Waals surface area contributed by atoms with Crippen LogP contribution in [0.15, 0.2) is 42.5 Å². The van der Waals surface area contributed by atoms with Crippen molar-refractivity contribution >= 4 is 29.0 Å². The number of benzene rings is 2. The Morgan fingerprint density at radius 2 is 1.80 bits per heavy atom. The van der Waals surface area contributed by atoms with E-state index >= 15 is 0 Å². The van der Waals surface area contributed by atoms with Gasteiger partial charge in [0.1, 0.15) is 0 Å². The lowest BCUT2D eigenvalue weighted by Gasteiger charge is -2.33. The first-order valence-corrected chi connectivity index (χ1v) is 10.5. The van der Waals surface area contributed by atoms with Crippen molar-refractivity contribution in [3.63, 3.8) is 0 Å². The van der Waals surface area contributed by atoms with Crippen LogP contribution in [-0.4, -0.2) is 31.9 Å². The SMILES string of the molecule is CCOC(=O)c1cccc(NC(=S)NC2(c3ccc(OC)c(OC)c3)CCCC2)c1. The first-order chi connectivity index (χ1) is 14.5. The van der Waals surface area contributed by atoms with Gasteiger partial charge in [-0.25, -0.2) is 4.79 Å². The molecule has 0 saturated heterocycles. The third kappa shape index (κ3) is 4.84. The number of thiocarbonyl (C=S) groups is 1. The summed E-state index contributed by atoms with van der Waals surface area (Å²) in [6.07, 6.45) is 4.16. The summed E-state index contributed by atoms with van der Waals surface area (Å²) in [7, 11) is 3.27. The minimum absolute atomic E-state index is 0.275. The van der Waals surface area contributed by atoms with E-state index in [4.69, 9.17) is 26.4 Å². The zero-order valence-electron chi connectivity index (χ0n) is 17.6. The second kappa shape index (κ2) is 9.80. The number of methoxy groups -OCH3 is 2. The van der Waals surface area contributed by atoms with Crippen LogP contribution in [0.25, 0.3) is 0 Å². The first kappa shape index (κ1) is 21.9. The molecule has 0 atom stereocenters. The predicted molar refractivity (Wildman–Crippen MR) is 121 cm³/mol. The van der Waals surface area contributed by atoms with Gasteiger partial charge in [0, 0.05) is 5.69 Å². The molecule has 1 saturated carbocycles. The maximum Gasteiger partial charge on any atom is 0.338 e. The summed E-state index contributed by atoms with van der Waals surface area (Å²) >= 11 is 5.62. The maximum atomic E-state index is 12.0. The van der Waals surface area contributed by atoms with E-state index in [2.05, 4.69) is 16.7 Å². The molecule has 0 unspecified atom stereocenters. The number of rotatable bonds is 7. The molecule has 30 heavy (non-hydrogen) atoms. The summed E-state index contributed by atoms with van der Waals surface area (Å²) in [4.78, 5) is 12.0. The van der Waals surface area contributed by atoms with Crippen molar-refractivity contribution in [3.05, 3.63) is 53.6 Å². The van der Waals surface area contributed by atoms with Gasteiger partial charge in [-0.05, 0) is 67.9 Å². The minimum atomic E-state index is -0.349. The molecule has 0 spiro atoms. The van der Waals surface area contributed by atoms with Crippen molar-refractivity contribution in [1.82, 2.24) is 5.32 Å². The van der Waals surface area contributed by atoms with Crippen molar-refractivity contribution in [2.75, 3.05) is 26.1 Å². The van der Waals surface area contributed by atoms with Gasteiger partial charge in [-0.1, -0.05) is 25.0 Å². The number of carbonyl (C=O) groups excluding carboxylic acids is 1. The lowest BCUT2D eigenvalue weighted by atomic mass is 9.88. The van der Waals surface area contributed by atoms with Crippen LogP contribution in [-0.2, 0) is 10.3 Å². The topological polar surface area (TPSA) is 68.8 Å². The summed E-state index contributed by atoms with van der Waals surface area (Å²) in [5, 5.41) is 7.24. The van der Waals surface area contributed by atoms with Gasteiger partial charge in [-0.2, -0.15) is 0 Å². The van der Waals surface area contributed by atoms with Crippen molar-refractivity contribution in [2.45, 2.75) is 38.1 Å². The minimum Gasteiger partial charge on any atom is -0.493 e.